The van der Waals surface area contributed by atoms with Crippen LogP contribution in [0.5, 0.6) is 11.6 Å². The van der Waals surface area contributed by atoms with E-state index in [-0.39, 0.29) is 16.5 Å². The predicted octanol–water partition coefficient (Wildman–Crippen LogP) is 2.90. The molecule has 2 amide bonds. The quantitative estimate of drug-likeness (QED) is 0.439. The van der Waals surface area contributed by atoms with Gasteiger partial charge < -0.3 is 9.84 Å². The van der Waals surface area contributed by atoms with Gasteiger partial charge in [0.25, 0.3) is 16.8 Å². The van der Waals surface area contributed by atoms with E-state index in [0.29, 0.717) is 28.0 Å². The Labute approximate surface area is 161 Å². The number of hydrogen-bond donors (Lipinski definition) is 1. The number of carboxylic acids is 1. The van der Waals surface area contributed by atoms with E-state index in [9.17, 15) is 24.5 Å². The number of ether oxygens (including phenoxy) is 1. The largest absolute Gasteiger partial charge is 0.480 e. The van der Waals surface area contributed by atoms with Crippen molar-refractivity contribution >= 4 is 40.6 Å². The summed E-state index contributed by atoms with van der Waals surface area (Å²) >= 11 is 0.668. The number of thioether (sulfide) groups is 1. The van der Waals surface area contributed by atoms with E-state index < -0.39 is 28.6 Å². The van der Waals surface area contributed by atoms with Crippen molar-refractivity contribution in [3.63, 3.8) is 0 Å². The van der Waals surface area contributed by atoms with Crippen LogP contribution in [0.4, 0.5) is 10.5 Å². The number of hydrogen-bond acceptors (Lipinski definition) is 8. The summed E-state index contributed by atoms with van der Waals surface area (Å²) in [4.78, 5) is 49.2. The second-order valence-corrected chi connectivity index (χ2v) is 6.44. The number of aromatic nitrogens is 1. The fraction of sp³-hybridized carbons (Fsp3) is 0.0588. The van der Waals surface area contributed by atoms with Gasteiger partial charge in [-0.1, -0.05) is 12.1 Å². The number of nitrogens with zero attached hydrogens (tertiary/aromatic N) is 3. The molecule has 28 heavy (non-hydrogen) atoms. The molecule has 1 saturated heterocycles. The Bertz CT molecular complexity index is 987. The summed E-state index contributed by atoms with van der Waals surface area (Å²) in [6, 6.07) is 9.08. The number of carboxylic acid groups (broad SMARTS) is 1. The molecule has 1 aromatic heterocycles. The molecule has 1 aromatic carbocycles. The molecule has 0 radical (unpaired) electrons. The maximum Gasteiger partial charge on any atom is 0.323 e. The highest BCUT2D eigenvalue weighted by Crippen LogP contribution is 2.32. The molecule has 0 aliphatic carbocycles. The van der Waals surface area contributed by atoms with Crippen LogP contribution in [0.2, 0.25) is 0 Å². The molecule has 142 valence electrons. The summed E-state index contributed by atoms with van der Waals surface area (Å²) in [5, 5.41) is 18.7. The third kappa shape index (κ3) is 4.32. The Kier molecular flexibility index (Phi) is 5.36. The molecule has 0 bridgehead atoms. The predicted molar refractivity (Wildman–Crippen MR) is 97.7 cm³/mol. The highest BCUT2D eigenvalue weighted by atomic mass is 32.2. The number of benzene rings is 1. The number of aliphatic carboxylic acids is 1. The Morgan fingerprint density at radius 2 is 1.96 bits per heavy atom. The maximum atomic E-state index is 12.1. The zero-order chi connectivity index (χ0) is 20.3. The minimum Gasteiger partial charge on any atom is -0.480 e. The Balaban J connectivity index is 1.70. The van der Waals surface area contributed by atoms with Gasteiger partial charge in [0, 0.05) is 12.1 Å². The number of carbonyl (C=O) groups is 3. The van der Waals surface area contributed by atoms with Crippen LogP contribution in [-0.2, 0) is 9.59 Å². The van der Waals surface area contributed by atoms with Crippen molar-refractivity contribution in [1.82, 2.24) is 9.88 Å². The van der Waals surface area contributed by atoms with E-state index in [4.69, 9.17) is 9.84 Å². The summed E-state index contributed by atoms with van der Waals surface area (Å²) in [7, 11) is 0. The maximum absolute atomic E-state index is 12.1. The normalized spacial score (nSPS) is 15.1. The molecule has 0 spiro atoms. The van der Waals surface area contributed by atoms with E-state index in [1.54, 1.807) is 24.3 Å². The van der Waals surface area contributed by atoms with Crippen molar-refractivity contribution < 1.29 is 29.2 Å². The summed E-state index contributed by atoms with van der Waals surface area (Å²) < 4.78 is 5.48. The second kappa shape index (κ2) is 7.88. The number of rotatable bonds is 6. The summed E-state index contributed by atoms with van der Waals surface area (Å²) in [6.45, 7) is -0.684. The number of imide groups is 1. The molecule has 0 saturated carbocycles. The first-order valence-electron chi connectivity index (χ1n) is 7.69. The van der Waals surface area contributed by atoms with Crippen LogP contribution in [0.15, 0.2) is 47.5 Å². The summed E-state index contributed by atoms with van der Waals surface area (Å²) in [5.41, 5.74) is 0.448. The molecule has 1 N–H and O–H groups in total. The molecule has 1 fully saturated rings. The highest BCUT2D eigenvalue weighted by molar-refractivity contribution is 8.18. The van der Waals surface area contributed by atoms with Gasteiger partial charge in [0.15, 0.2) is 0 Å². The van der Waals surface area contributed by atoms with Gasteiger partial charge in [-0.05, 0) is 35.5 Å². The topological polar surface area (TPSA) is 140 Å². The van der Waals surface area contributed by atoms with Crippen molar-refractivity contribution in [3.05, 3.63) is 63.2 Å². The molecule has 0 unspecified atom stereocenters. The lowest BCUT2D eigenvalue weighted by atomic mass is 10.2. The van der Waals surface area contributed by atoms with Crippen molar-refractivity contribution in [1.29, 1.82) is 0 Å². The first-order valence-corrected chi connectivity index (χ1v) is 8.50. The third-order valence-electron chi connectivity index (χ3n) is 3.50. The van der Waals surface area contributed by atoms with Crippen LogP contribution < -0.4 is 4.74 Å². The Morgan fingerprint density at radius 3 is 2.54 bits per heavy atom. The van der Waals surface area contributed by atoms with E-state index in [0.717, 1.165) is 6.20 Å². The Morgan fingerprint density at radius 1 is 1.25 bits per heavy atom. The number of amides is 2. The molecule has 2 aromatic rings. The Hall–Kier alpha value is -3.73. The molecule has 1 aliphatic rings. The van der Waals surface area contributed by atoms with Gasteiger partial charge in [0.05, 0.1) is 9.83 Å². The highest BCUT2D eigenvalue weighted by Gasteiger charge is 2.36. The van der Waals surface area contributed by atoms with E-state index in [1.807, 2.05) is 0 Å². The first-order chi connectivity index (χ1) is 13.3. The van der Waals surface area contributed by atoms with E-state index in [1.165, 1.54) is 18.2 Å². The monoisotopic (exact) mass is 401 g/mol. The zero-order valence-electron chi connectivity index (χ0n) is 14.0. The second-order valence-electron chi connectivity index (χ2n) is 5.44. The van der Waals surface area contributed by atoms with Crippen LogP contribution >= 0.6 is 11.8 Å². The van der Waals surface area contributed by atoms with Gasteiger partial charge in [-0.2, -0.15) is 0 Å². The summed E-state index contributed by atoms with van der Waals surface area (Å²) in [5.74, 6) is -1.34. The molecular formula is C17H11N3O7S. The lowest BCUT2D eigenvalue weighted by Crippen LogP contribution is -2.33. The van der Waals surface area contributed by atoms with Crippen molar-refractivity contribution in [2.24, 2.45) is 0 Å². The van der Waals surface area contributed by atoms with Crippen molar-refractivity contribution in [3.8, 4) is 11.6 Å². The average Bonchev–Trinajstić information content (AvgIpc) is 2.91. The number of carbonyl (C=O) groups excluding carboxylic acids is 2. The van der Waals surface area contributed by atoms with Crippen LogP contribution in [0.25, 0.3) is 6.08 Å². The van der Waals surface area contributed by atoms with Crippen molar-refractivity contribution in [2.45, 2.75) is 0 Å². The minimum atomic E-state index is -1.27. The van der Waals surface area contributed by atoms with E-state index in [2.05, 4.69) is 4.98 Å². The fourth-order valence-corrected chi connectivity index (χ4v) is 3.05. The lowest BCUT2D eigenvalue weighted by molar-refractivity contribution is -0.385. The van der Waals surface area contributed by atoms with Gasteiger partial charge >= 0.3 is 5.97 Å². The van der Waals surface area contributed by atoms with Crippen LogP contribution in [0.1, 0.15) is 5.56 Å². The molecule has 3 rings (SSSR count). The van der Waals surface area contributed by atoms with E-state index >= 15 is 0 Å². The average molecular weight is 401 g/mol. The minimum absolute atomic E-state index is 0.122. The SMILES string of the molecule is O=C(O)CN1C(=O)S/C(=C/c2ccc(Oc3ccc([N+](=O)[O-])cn3)cc2)C1=O. The summed E-state index contributed by atoms with van der Waals surface area (Å²) in [6.07, 6.45) is 2.55. The smallest absolute Gasteiger partial charge is 0.323 e. The molecule has 10 nitrogen and oxygen atoms in total. The molecular weight excluding hydrogens is 390 g/mol. The van der Waals surface area contributed by atoms with Crippen LogP contribution in [-0.4, -0.2) is 43.6 Å². The van der Waals surface area contributed by atoms with Gasteiger partial charge in [-0.25, -0.2) is 4.98 Å². The van der Waals surface area contributed by atoms with Gasteiger partial charge in [-0.15, -0.1) is 0 Å². The fourth-order valence-electron chi connectivity index (χ4n) is 2.22. The lowest BCUT2D eigenvalue weighted by Gasteiger charge is -2.07. The third-order valence-corrected chi connectivity index (χ3v) is 4.41. The van der Waals surface area contributed by atoms with Crippen LogP contribution in [0.3, 0.4) is 0 Å². The van der Waals surface area contributed by atoms with Crippen molar-refractivity contribution in [2.75, 3.05) is 6.54 Å². The molecule has 11 heteroatoms. The van der Waals surface area contributed by atoms with Gasteiger partial charge in [0.1, 0.15) is 18.5 Å². The first kappa shape index (κ1) is 19.0. The van der Waals surface area contributed by atoms with Crippen LogP contribution in [0, 0.1) is 10.1 Å². The number of nitro groups is 1. The number of pyridine rings is 1. The van der Waals surface area contributed by atoms with Gasteiger partial charge in [-0.3, -0.25) is 29.4 Å². The molecule has 2 heterocycles. The van der Waals surface area contributed by atoms with Gasteiger partial charge in [0.2, 0.25) is 5.88 Å². The standard InChI is InChI=1S/C17H11N3O7S/c21-15(22)9-19-16(23)13(28-17(19)24)7-10-1-4-12(5-2-10)27-14-6-3-11(8-18-14)20(25)26/h1-8H,9H2,(H,21,22)/b13-7+. The molecule has 0 atom stereocenters. The zero-order valence-corrected chi connectivity index (χ0v) is 14.8. The molecule has 1 aliphatic heterocycles.